The van der Waals surface area contributed by atoms with Crippen molar-refractivity contribution in [1.82, 2.24) is 0 Å². The van der Waals surface area contributed by atoms with Crippen molar-refractivity contribution in [3.05, 3.63) is 24.3 Å². The zero-order valence-electron chi connectivity index (χ0n) is 8.49. The van der Waals surface area contributed by atoms with E-state index >= 15 is 0 Å². The van der Waals surface area contributed by atoms with Crippen LogP contribution in [0.4, 0.5) is 0 Å². The molecule has 0 fully saturated rings. The monoisotopic (exact) mass is 246 g/mol. The van der Waals surface area contributed by atoms with E-state index in [9.17, 15) is 9.36 Å². The molecule has 1 aromatic carbocycles. The molecule has 0 heterocycles. The van der Waals surface area contributed by atoms with Crippen LogP contribution in [0.1, 0.15) is 13.3 Å². The second kappa shape index (κ2) is 5.12. The second-order valence-corrected chi connectivity index (χ2v) is 4.02. The highest BCUT2D eigenvalue weighted by atomic mass is 31.2. The molecule has 0 spiro atoms. The standard InChI is InChI=1S/C9H11O6P/c1-2-9(10)14-7-5-3-4-6-8(7)15-16(11,12)13/h3-6H,2H2,1H3,(H2,11,12,13). The van der Waals surface area contributed by atoms with Crippen LogP contribution in [0.5, 0.6) is 11.5 Å². The Labute approximate surface area is 92.1 Å². The molecular formula is C9H11O6P. The van der Waals surface area contributed by atoms with Crippen molar-refractivity contribution in [2.75, 3.05) is 0 Å². The first-order chi connectivity index (χ1) is 7.42. The zero-order valence-corrected chi connectivity index (χ0v) is 9.39. The fourth-order valence-electron chi connectivity index (χ4n) is 0.933. The van der Waals surface area contributed by atoms with E-state index < -0.39 is 13.8 Å². The number of phosphoric acid groups is 1. The maximum absolute atomic E-state index is 11.0. The van der Waals surface area contributed by atoms with Gasteiger partial charge >= 0.3 is 13.8 Å². The van der Waals surface area contributed by atoms with E-state index in [4.69, 9.17) is 14.5 Å². The number of carbonyl (C=O) groups is 1. The van der Waals surface area contributed by atoms with Gasteiger partial charge in [0.2, 0.25) is 0 Å². The highest BCUT2D eigenvalue weighted by Crippen LogP contribution is 2.41. The molecule has 0 bridgehead atoms. The molecule has 1 rings (SSSR count). The topological polar surface area (TPSA) is 93.1 Å². The van der Waals surface area contributed by atoms with Gasteiger partial charge in [0.25, 0.3) is 0 Å². The van der Waals surface area contributed by atoms with Gasteiger partial charge in [0.1, 0.15) is 0 Å². The number of hydrogen-bond donors (Lipinski definition) is 2. The van der Waals surface area contributed by atoms with Gasteiger partial charge in [0.05, 0.1) is 0 Å². The van der Waals surface area contributed by atoms with Crippen molar-refractivity contribution in [1.29, 1.82) is 0 Å². The lowest BCUT2D eigenvalue weighted by atomic mass is 10.3. The molecule has 0 aliphatic heterocycles. The minimum absolute atomic E-state index is 0.0160. The Morgan fingerprint density at radius 2 is 1.88 bits per heavy atom. The van der Waals surface area contributed by atoms with Crippen molar-refractivity contribution in [3.63, 3.8) is 0 Å². The number of carbonyl (C=O) groups excluding carboxylic acids is 1. The molecule has 0 amide bonds. The minimum Gasteiger partial charge on any atom is -0.423 e. The Morgan fingerprint density at radius 1 is 1.31 bits per heavy atom. The second-order valence-electron chi connectivity index (χ2n) is 2.86. The summed E-state index contributed by atoms with van der Waals surface area (Å²) in [5, 5.41) is 0. The third-order valence-corrected chi connectivity index (χ3v) is 2.01. The van der Waals surface area contributed by atoms with E-state index in [0.29, 0.717) is 0 Å². The smallest absolute Gasteiger partial charge is 0.423 e. The first-order valence-corrected chi connectivity index (χ1v) is 6.00. The molecule has 0 saturated heterocycles. The van der Waals surface area contributed by atoms with E-state index in [1.54, 1.807) is 13.0 Å². The number of benzene rings is 1. The predicted molar refractivity (Wildman–Crippen MR) is 55.0 cm³/mol. The van der Waals surface area contributed by atoms with Gasteiger partial charge in [0.15, 0.2) is 11.5 Å². The molecule has 0 aliphatic carbocycles. The van der Waals surface area contributed by atoms with Crippen molar-refractivity contribution in [2.45, 2.75) is 13.3 Å². The summed E-state index contributed by atoms with van der Waals surface area (Å²) in [5.74, 6) is -0.697. The first kappa shape index (κ1) is 12.7. The third-order valence-electron chi connectivity index (χ3n) is 1.58. The number of esters is 1. The van der Waals surface area contributed by atoms with Crippen LogP contribution in [0.3, 0.4) is 0 Å². The fourth-order valence-corrected chi connectivity index (χ4v) is 1.34. The zero-order chi connectivity index (χ0) is 12.2. The average molecular weight is 246 g/mol. The van der Waals surface area contributed by atoms with Crippen LogP contribution in [0, 0.1) is 0 Å². The van der Waals surface area contributed by atoms with Gasteiger partial charge in [-0.3, -0.25) is 14.6 Å². The molecule has 0 atom stereocenters. The quantitative estimate of drug-likeness (QED) is 0.474. The summed E-state index contributed by atoms with van der Waals surface area (Å²) >= 11 is 0. The lowest BCUT2D eigenvalue weighted by Gasteiger charge is -2.10. The normalized spacial score (nSPS) is 10.9. The van der Waals surface area contributed by atoms with Gasteiger partial charge in [-0.15, -0.1) is 0 Å². The first-order valence-electron chi connectivity index (χ1n) is 4.47. The number of ether oxygens (including phenoxy) is 1. The molecule has 16 heavy (non-hydrogen) atoms. The van der Waals surface area contributed by atoms with Crippen molar-refractivity contribution in [2.24, 2.45) is 0 Å². The summed E-state index contributed by atoms with van der Waals surface area (Å²) in [7, 11) is -4.66. The number of rotatable bonds is 4. The maximum Gasteiger partial charge on any atom is 0.524 e. The summed E-state index contributed by atoms with van der Waals surface area (Å²) in [6, 6.07) is 5.76. The van der Waals surface area contributed by atoms with Gasteiger partial charge in [-0.1, -0.05) is 19.1 Å². The van der Waals surface area contributed by atoms with Crippen LogP contribution >= 0.6 is 7.82 Å². The summed E-state index contributed by atoms with van der Waals surface area (Å²) in [4.78, 5) is 28.3. The van der Waals surface area contributed by atoms with E-state index in [-0.39, 0.29) is 17.9 Å². The average Bonchev–Trinajstić information content (AvgIpc) is 2.18. The molecule has 0 unspecified atom stereocenters. The lowest BCUT2D eigenvalue weighted by Crippen LogP contribution is -2.06. The van der Waals surface area contributed by atoms with Crippen LogP contribution in [-0.4, -0.2) is 15.8 Å². The summed E-state index contributed by atoms with van der Waals surface area (Å²) in [5.41, 5.74) is 0. The largest absolute Gasteiger partial charge is 0.524 e. The molecule has 7 heteroatoms. The molecule has 88 valence electrons. The van der Waals surface area contributed by atoms with Crippen LogP contribution in [-0.2, 0) is 9.36 Å². The van der Waals surface area contributed by atoms with E-state index in [1.807, 2.05) is 0 Å². The minimum atomic E-state index is -4.66. The fraction of sp³-hybridized carbons (Fsp3) is 0.222. The molecule has 6 nitrogen and oxygen atoms in total. The van der Waals surface area contributed by atoms with Crippen LogP contribution in [0.2, 0.25) is 0 Å². The molecule has 0 aromatic heterocycles. The Balaban J connectivity index is 2.92. The Morgan fingerprint density at radius 3 is 2.38 bits per heavy atom. The number of phosphoric ester groups is 1. The van der Waals surface area contributed by atoms with Crippen molar-refractivity contribution >= 4 is 13.8 Å². The highest BCUT2D eigenvalue weighted by molar-refractivity contribution is 7.46. The van der Waals surface area contributed by atoms with Gasteiger partial charge in [-0.05, 0) is 12.1 Å². The molecule has 1 aromatic rings. The molecule has 0 saturated carbocycles. The van der Waals surface area contributed by atoms with E-state index in [2.05, 4.69) is 4.52 Å². The van der Waals surface area contributed by atoms with Gasteiger partial charge < -0.3 is 9.26 Å². The van der Waals surface area contributed by atoms with E-state index in [0.717, 1.165) is 0 Å². The maximum atomic E-state index is 11.0. The van der Waals surface area contributed by atoms with Gasteiger partial charge in [-0.2, -0.15) is 0 Å². The van der Waals surface area contributed by atoms with E-state index in [1.165, 1.54) is 18.2 Å². The van der Waals surface area contributed by atoms with Crippen molar-refractivity contribution < 1.29 is 28.4 Å². The van der Waals surface area contributed by atoms with Crippen LogP contribution in [0.15, 0.2) is 24.3 Å². The van der Waals surface area contributed by atoms with Gasteiger partial charge in [0, 0.05) is 6.42 Å². The SMILES string of the molecule is CCC(=O)Oc1ccccc1OP(=O)(O)O. The Bertz CT molecular complexity index is 424. The summed E-state index contributed by atoms with van der Waals surface area (Å²) in [6.07, 6.45) is 0.157. The van der Waals surface area contributed by atoms with Crippen LogP contribution < -0.4 is 9.26 Å². The molecular weight excluding hydrogens is 235 g/mol. The Kier molecular flexibility index (Phi) is 4.06. The Hall–Kier alpha value is -1.36. The molecule has 2 N–H and O–H groups in total. The summed E-state index contributed by atoms with van der Waals surface area (Å²) < 4.78 is 19.8. The lowest BCUT2D eigenvalue weighted by molar-refractivity contribution is -0.134. The molecule has 0 radical (unpaired) electrons. The number of para-hydroxylation sites is 2. The number of hydrogen-bond acceptors (Lipinski definition) is 4. The summed E-state index contributed by atoms with van der Waals surface area (Å²) in [6.45, 7) is 1.61. The van der Waals surface area contributed by atoms with Gasteiger partial charge in [-0.25, -0.2) is 4.57 Å². The van der Waals surface area contributed by atoms with Crippen LogP contribution in [0.25, 0.3) is 0 Å². The van der Waals surface area contributed by atoms with Crippen molar-refractivity contribution in [3.8, 4) is 11.5 Å². The highest BCUT2D eigenvalue weighted by Gasteiger charge is 2.19. The predicted octanol–water partition coefficient (Wildman–Crippen LogP) is 1.47. The third kappa shape index (κ3) is 4.02. The molecule has 0 aliphatic rings.